The Morgan fingerprint density at radius 1 is 0.903 bits per heavy atom. The number of aliphatic hydroxyl groups excluding tert-OH is 1. The van der Waals surface area contributed by atoms with E-state index in [-0.39, 0.29) is 59.1 Å². The summed E-state index contributed by atoms with van der Waals surface area (Å²) in [6.45, 7) is -0.231. The molecule has 1 unspecified atom stereocenters. The van der Waals surface area contributed by atoms with Gasteiger partial charge in [0.1, 0.15) is 0 Å². The van der Waals surface area contributed by atoms with Gasteiger partial charge in [-0.1, -0.05) is 0 Å². The largest absolute Gasteiger partial charge is 0.502 e. The van der Waals surface area contributed by atoms with E-state index in [0.29, 0.717) is 5.56 Å². The van der Waals surface area contributed by atoms with Gasteiger partial charge < -0.3 is 39.0 Å². The number of hydrogen-bond donors (Lipinski definition) is 3. The fourth-order valence-electron chi connectivity index (χ4n) is 3.83. The summed E-state index contributed by atoms with van der Waals surface area (Å²) in [6.07, 6.45) is -0.622. The molecular weight excluding hydrogens is 408 g/mol. The molecule has 1 aliphatic heterocycles. The Bertz CT molecular complexity index is 906. The van der Waals surface area contributed by atoms with E-state index in [4.69, 9.17) is 23.7 Å². The predicted molar refractivity (Wildman–Crippen MR) is 110 cm³/mol. The Balaban J connectivity index is 1.95. The van der Waals surface area contributed by atoms with Crippen molar-refractivity contribution in [1.82, 2.24) is 0 Å². The second-order valence-corrected chi connectivity index (χ2v) is 7.07. The molecular formula is C22H26O9. The number of hydrogen-bond acceptors (Lipinski definition) is 9. The highest BCUT2D eigenvalue weighted by molar-refractivity contribution is 5.99. The van der Waals surface area contributed by atoms with Gasteiger partial charge >= 0.3 is 0 Å². The normalized spacial score (nSPS) is 20.4. The van der Waals surface area contributed by atoms with Crippen molar-refractivity contribution >= 4 is 5.78 Å². The van der Waals surface area contributed by atoms with Crippen LogP contribution in [0.25, 0.3) is 0 Å². The smallest absolute Gasteiger partial charge is 0.200 e. The minimum atomic E-state index is -0.653. The average molecular weight is 434 g/mol. The minimum absolute atomic E-state index is 0.0751. The van der Waals surface area contributed by atoms with Crippen molar-refractivity contribution in [2.75, 3.05) is 41.7 Å². The molecule has 0 spiro atoms. The zero-order valence-electron chi connectivity index (χ0n) is 17.7. The number of aromatic hydroxyl groups is 2. The van der Waals surface area contributed by atoms with Gasteiger partial charge in [0.25, 0.3) is 0 Å². The van der Waals surface area contributed by atoms with Gasteiger partial charge in [0.2, 0.25) is 11.5 Å². The Morgan fingerprint density at radius 2 is 1.35 bits per heavy atom. The van der Waals surface area contributed by atoms with Crippen molar-refractivity contribution in [2.45, 2.75) is 6.10 Å². The maximum absolute atomic E-state index is 13.3. The number of carbonyl (C=O) groups is 1. The first-order valence-corrected chi connectivity index (χ1v) is 9.56. The van der Waals surface area contributed by atoms with Crippen LogP contribution in [0, 0.1) is 11.8 Å². The van der Waals surface area contributed by atoms with Crippen LogP contribution >= 0.6 is 0 Å². The highest BCUT2D eigenvalue weighted by Crippen LogP contribution is 2.46. The molecule has 3 atom stereocenters. The van der Waals surface area contributed by atoms with Gasteiger partial charge in [-0.3, -0.25) is 4.79 Å². The molecule has 0 aliphatic carbocycles. The molecule has 0 amide bonds. The van der Waals surface area contributed by atoms with Crippen molar-refractivity contribution in [2.24, 2.45) is 11.8 Å². The van der Waals surface area contributed by atoms with E-state index in [9.17, 15) is 20.1 Å². The monoisotopic (exact) mass is 434 g/mol. The van der Waals surface area contributed by atoms with Gasteiger partial charge in [0.15, 0.2) is 28.8 Å². The van der Waals surface area contributed by atoms with E-state index in [0.717, 1.165) is 0 Å². The highest BCUT2D eigenvalue weighted by Gasteiger charge is 2.42. The maximum atomic E-state index is 13.3. The van der Waals surface area contributed by atoms with Crippen LogP contribution in [0.2, 0.25) is 0 Å². The lowest BCUT2D eigenvalue weighted by atomic mass is 9.83. The average Bonchev–Trinajstić information content (AvgIpc) is 3.23. The molecule has 1 fully saturated rings. The van der Waals surface area contributed by atoms with E-state index in [1.165, 1.54) is 40.6 Å². The van der Waals surface area contributed by atoms with Crippen LogP contribution in [-0.4, -0.2) is 62.8 Å². The van der Waals surface area contributed by atoms with E-state index < -0.39 is 17.9 Å². The first-order valence-electron chi connectivity index (χ1n) is 9.56. The topological polar surface area (TPSA) is 124 Å². The Morgan fingerprint density at radius 3 is 1.77 bits per heavy atom. The molecule has 1 heterocycles. The lowest BCUT2D eigenvalue weighted by molar-refractivity contribution is 0.0711. The lowest BCUT2D eigenvalue weighted by Crippen LogP contribution is -2.26. The Labute approximate surface area is 179 Å². The second kappa shape index (κ2) is 9.32. The van der Waals surface area contributed by atoms with Crippen LogP contribution < -0.4 is 18.9 Å². The number of ether oxygens (including phenoxy) is 5. The van der Waals surface area contributed by atoms with Crippen LogP contribution in [0.5, 0.6) is 34.5 Å². The standard InChI is InChI=1S/C22H26O9/c1-27-15-5-11(6-16(28-2)20(15)25)19(24)14-10-31-22(13(14)9-23)12-7-17(29-3)21(26)18(8-12)30-4/h5-8,13-14,22-23,25-26H,9-10H2,1-4H3/t13-,14?,22+/m0/s1. The quantitative estimate of drug-likeness (QED) is 0.537. The third-order valence-electron chi connectivity index (χ3n) is 5.50. The fraction of sp³-hybridized carbons (Fsp3) is 0.409. The molecule has 3 N–H and O–H groups in total. The molecule has 2 aromatic carbocycles. The van der Waals surface area contributed by atoms with E-state index in [1.807, 2.05) is 0 Å². The van der Waals surface area contributed by atoms with Gasteiger partial charge in [0.05, 0.1) is 47.1 Å². The van der Waals surface area contributed by atoms with Crippen LogP contribution in [0.1, 0.15) is 22.0 Å². The van der Waals surface area contributed by atoms with E-state index >= 15 is 0 Å². The number of ketones is 1. The summed E-state index contributed by atoms with van der Waals surface area (Å²) in [5.41, 5.74) is 0.863. The van der Waals surface area contributed by atoms with Crippen molar-refractivity contribution in [1.29, 1.82) is 0 Å². The number of phenolic OH excluding ortho intramolecular Hbond substituents is 2. The molecule has 3 rings (SSSR count). The van der Waals surface area contributed by atoms with Crippen LogP contribution in [0.15, 0.2) is 24.3 Å². The number of benzene rings is 2. The number of phenols is 2. The van der Waals surface area contributed by atoms with Gasteiger partial charge in [-0.05, 0) is 29.8 Å². The second-order valence-electron chi connectivity index (χ2n) is 7.07. The molecule has 2 aromatic rings. The van der Waals surface area contributed by atoms with Gasteiger partial charge in [-0.15, -0.1) is 0 Å². The van der Waals surface area contributed by atoms with E-state index in [1.54, 1.807) is 12.1 Å². The van der Waals surface area contributed by atoms with Crippen LogP contribution in [-0.2, 0) is 4.74 Å². The van der Waals surface area contributed by atoms with E-state index in [2.05, 4.69) is 0 Å². The molecule has 1 saturated heterocycles. The predicted octanol–water partition coefficient (Wildman–Crippen LogP) is 2.31. The van der Waals surface area contributed by atoms with Crippen molar-refractivity contribution < 1.29 is 43.8 Å². The highest BCUT2D eigenvalue weighted by atomic mass is 16.5. The molecule has 0 radical (unpaired) electrons. The molecule has 0 bridgehead atoms. The maximum Gasteiger partial charge on any atom is 0.200 e. The number of methoxy groups -OCH3 is 4. The number of Topliss-reactive ketones (excluding diaryl/α,β-unsaturated/α-hetero) is 1. The number of rotatable bonds is 8. The molecule has 0 aromatic heterocycles. The molecule has 1 aliphatic rings. The van der Waals surface area contributed by atoms with Gasteiger partial charge in [-0.2, -0.15) is 0 Å². The summed E-state index contributed by atoms with van der Waals surface area (Å²) in [7, 11) is 5.57. The summed E-state index contributed by atoms with van der Waals surface area (Å²) in [6, 6.07) is 6.03. The van der Waals surface area contributed by atoms with Crippen molar-refractivity contribution in [3.05, 3.63) is 35.4 Å². The van der Waals surface area contributed by atoms with Crippen LogP contribution in [0.4, 0.5) is 0 Å². The summed E-state index contributed by atoms with van der Waals surface area (Å²) < 4.78 is 26.5. The SMILES string of the molecule is COc1cc(C(=O)C2CO[C@H](c3cc(OC)c(O)c(OC)c3)[C@H]2CO)cc(OC)c1O. The first-order chi connectivity index (χ1) is 14.9. The minimum Gasteiger partial charge on any atom is -0.502 e. The van der Waals surface area contributed by atoms with Crippen molar-refractivity contribution in [3.63, 3.8) is 0 Å². The third kappa shape index (κ3) is 4.06. The zero-order chi connectivity index (χ0) is 22.7. The summed E-state index contributed by atoms with van der Waals surface area (Å²) in [5, 5.41) is 30.3. The van der Waals surface area contributed by atoms with Gasteiger partial charge in [0, 0.05) is 18.1 Å². The molecule has 168 valence electrons. The summed E-state index contributed by atoms with van der Waals surface area (Å²) in [5.74, 6) is -1.26. The Kier molecular flexibility index (Phi) is 6.77. The summed E-state index contributed by atoms with van der Waals surface area (Å²) in [4.78, 5) is 13.3. The van der Waals surface area contributed by atoms with Crippen LogP contribution in [0.3, 0.4) is 0 Å². The Hall–Kier alpha value is -3.17. The number of aliphatic hydroxyl groups is 1. The molecule has 31 heavy (non-hydrogen) atoms. The van der Waals surface area contributed by atoms with Gasteiger partial charge in [-0.25, -0.2) is 0 Å². The summed E-state index contributed by atoms with van der Waals surface area (Å²) >= 11 is 0. The van der Waals surface area contributed by atoms with Crippen molar-refractivity contribution in [3.8, 4) is 34.5 Å². The lowest BCUT2D eigenvalue weighted by Gasteiger charge is -2.22. The number of carbonyl (C=O) groups excluding carboxylic acids is 1. The molecule has 9 heteroatoms. The zero-order valence-corrected chi connectivity index (χ0v) is 17.7. The molecule has 9 nitrogen and oxygen atoms in total. The molecule has 0 saturated carbocycles. The fourth-order valence-corrected chi connectivity index (χ4v) is 3.83. The third-order valence-corrected chi connectivity index (χ3v) is 5.50. The first kappa shape index (κ1) is 22.5.